The molecular weight excluding hydrogens is 318 g/mol. The fourth-order valence-corrected chi connectivity index (χ4v) is 2.72. The Hall–Kier alpha value is -0.870. The van der Waals surface area contributed by atoms with Gasteiger partial charge in [-0.3, -0.25) is 4.79 Å². The molecule has 2 N–H and O–H groups in total. The van der Waals surface area contributed by atoms with E-state index < -0.39 is 0 Å². The number of hydrogen-bond acceptors (Lipinski definition) is 2. The summed E-state index contributed by atoms with van der Waals surface area (Å²) >= 11 is 3.42. The highest BCUT2D eigenvalue weighted by molar-refractivity contribution is 9.10. The van der Waals surface area contributed by atoms with E-state index in [1.807, 2.05) is 31.2 Å². The Kier molecular flexibility index (Phi) is 5.22. The third kappa shape index (κ3) is 3.61. The van der Waals surface area contributed by atoms with Crippen molar-refractivity contribution in [3.8, 4) is 0 Å². The van der Waals surface area contributed by atoms with E-state index in [1.165, 1.54) is 0 Å². The van der Waals surface area contributed by atoms with Gasteiger partial charge >= 0.3 is 0 Å². The van der Waals surface area contributed by atoms with Gasteiger partial charge in [0, 0.05) is 17.6 Å². The minimum absolute atomic E-state index is 0.150. The van der Waals surface area contributed by atoms with E-state index in [2.05, 4.69) is 21.2 Å². The lowest BCUT2D eigenvalue weighted by atomic mass is 9.95. The zero-order valence-electron chi connectivity index (χ0n) is 11.9. The molecule has 1 aromatic rings. The summed E-state index contributed by atoms with van der Waals surface area (Å²) in [5.41, 5.74) is 0.824. The average molecular weight is 340 g/mol. The molecule has 1 atom stereocenters. The summed E-state index contributed by atoms with van der Waals surface area (Å²) in [5, 5.41) is 12.0. The summed E-state index contributed by atoms with van der Waals surface area (Å²) in [7, 11) is 0. The Morgan fingerprint density at radius 2 is 2.05 bits per heavy atom. The Bertz CT molecular complexity index is 454. The first-order chi connectivity index (χ1) is 9.58. The molecule has 1 unspecified atom stereocenters. The average Bonchev–Trinajstić information content (AvgIpc) is 3.25. The van der Waals surface area contributed by atoms with Gasteiger partial charge in [0.25, 0.3) is 0 Å². The molecule has 0 spiro atoms. The number of rotatable bonds is 7. The van der Waals surface area contributed by atoms with Gasteiger partial charge in [-0.2, -0.15) is 0 Å². The van der Waals surface area contributed by atoms with Crippen molar-refractivity contribution in [3.05, 3.63) is 34.3 Å². The number of aliphatic hydroxyl groups is 1. The summed E-state index contributed by atoms with van der Waals surface area (Å²) < 4.78 is 1.04. The molecule has 1 aliphatic rings. The van der Waals surface area contributed by atoms with Crippen molar-refractivity contribution in [1.29, 1.82) is 0 Å². The van der Waals surface area contributed by atoms with Crippen LogP contribution in [0.25, 0.3) is 0 Å². The molecule has 20 heavy (non-hydrogen) atoms. The number of nitrogens with one attached hydrogen (secondary N) is 1. The van der Waals surface area contributed by atoms with Crippen LogP contribution in [0, 0.1) is 5.92 Å². The van der Waals surface area contributed by atoms with Crippen molar-refractivity contribution >= 4 is 21.8 Å². The predicted octanol–water partition coefficient (Wildman–Crippen LogP) is 3.01. The molecule has 110 valence electrons. The number of aliphatic hydroxyl groups excluding tert-OH is 1. The molecule has 3 nitrogen and oxygen atoms in total. The van der Waals surface area contributed by atoms with Crippen molar-refractivity contribution in [3.63, 3.8) is 0 Å². The van der Waals surface area contributed by atoms with Crippen LogP contribution in [-0.4, -0.2) is 24.2 Å². The van der Waals surface area contributed by atoms with Crippen molar-refractivity contribution in [2.45, 2.75) is 38.0 Å². The minimum atomic E-state index is -0.288. The van der Waals surface area contributed by atoms with Crippen LogP contribution in [0.4, 0.5) is 0 Å². The molecule has 4 heteroatoms. The number of benzene rings is 1. The monoisotopic (exact) mass is 339 g/mol. The van der Waals surface area contributed by atoms with Gasteiger partial charge in [0.15, 0.2) is 0 Å². The Morgan fingerprint density at radius 1 is 1.40 bits per heavy atom. The van der Waals surface area contributed by atoms with Crippen LogP contribution in [-0.2, 0) is 10.2 Å². The number of carbonyl (C=O) groups excluding carboxylic acids is 1. The molecule has 1 aliphatic carbocycles. The minimum Gasteiger partial charge on any atom is -0.396 e. The molecule has 0 aromatic heterocycles. The van der Waals surface area contributed by atoms with E-state index in [4.69, 9.17) is 5.11 Å². The van der Waals surface area contributed by atoms with Crippen molar-refractivity contribution < 1.29 is 9.90 Å². The van der Waals surface area contributed by atoms with E-state index in [0.717, 1.165) is 35.7 Å². The highest BCUT2D eigenvalue weighted by atomic mass is 79.9. The van der Waals surface area contributed by atoms with Crippen LogP contribution < -0.4 is 5.32 Å². The van der Waals surface area contributed by atoms with Crippen LogP contribution in [0.3, 0.4) is 0 Å². The van der Waals surface area contributed by atoms with Crippen LogP contribution in [0.5, 0.6) is 0 Å². The van der Waals surface area contributed by atoms with E-state index >= 15 is 0 Å². The lowest BCUT2D eigenvalue weighted by Gasteiger charge is -2.16. The molecule has 0 aliphatic heterocycles. The summed E-state index contributed by atoms with van der Waals surface area (Å²) in [4.78, 5) is 12.4. The van der Waals surface area contributed by atoms with Crippen molar-refractivity contribution in [2.75, 3.05) is 13.2 Å². The molecular formula is C16H22BrNO2. The van der Waals surface area contributed by atoms with Crippen molar-refractivity contribution in [1.82, 2.24) is 5.32 Å². The summed E-state index contributed by atoms with van der Waals surface area (Å²) in [6.07, 6.45) is 3.74. The SMILES string of the molecule is CC(CO)CCCNC(=O)C1(c2ccc(Br)cc2)CC1. The first-order valence-electron chi connectivity index (χ1n) is 7.24. The third-order valence-electron chi connectivity index (χ3n) is 4.05. The number of hydrogen-bond donors (Lipinski definition) is 2. The maximum Gasteiger partial charge on any atom is 0.230 e. The van der Waals surface area contributed by atoms with Gasteiger partial charge < -0.3 is 10.4 Å². The Labute approximate surface area is 128 Å². The Morgan fingerprint density at radius 3 is 2.60 bits per heavy atom. The van der Waals surface area contributed by atoms with Crippen LogP contribution in [0.1, 0.15) is 38.2 Å². The summed E-state index contributed by atoms with van der Waals surface area (Å²) in [6.45, 7) is 2.93. The topological polar surface area (TPSA) is 49.3 Å². The number of amides is 1. The van der Waals surface area contributed by atoms with Gasteiger partial charge in [0.1, 0.15) is 0 Å². The van der Waals surface area contributed by atoms with Crippen LogP contribution >= 0.6 is 15.9 Å². The lowest BCUT2D eigenvalue weighted by Crippen LogP contribution is -2.35. The molecule has 0 heterocycles. The van der Waals surface area contributed by atoms with Crippen LogP contribution in [0.2, 0.25) is 0 Å². The van der Waals surface area contributed by atoms with Gasteiger partial charge in [-0.15, -0.1) is 0 Å². The lowest BCUT2D eigenvalue weighted by molar-refractivity contribution is -0.123. The molecule has 1 amide bonds. The van der Waals surface area contributed by atoms with Gasteiger partial charge in [-0.05, 0) is 49.3 Å². The molecule has 0 saturated heterocycles. The number of halogens is 1. The second kappa shape index (κ2) is 6.72. The highest BCUT2D eigenvalue weighted by Gasteiger charge is 2.50. The molecule has 1 aromatic carbocycles. The molecule has 1 saturated carbocycles. The third-order valence-corrected chi connectivity index (χ3v) is 4.58. The standard InChI is InChI=1S/C16H22BrNO2/c1-12(11-19)3-2-10-18-15(20)16(8-9-16)13-4-6-14(17)7-5-13/h4-7,12,19H,2-3,8-11H2,1H3,(H,18,20). The van der Waals surface area contributed by atoms with E-state index in [-0.39, 0.29) is 17.9 Å². The largest absolute Gasteiger partial charge is 0.396 e. The van der Waals surface area contributed by atoms with Gasteiger partial charge in [-0.1, -0.05) is 35.0 Å². The maximum atomic E-state index is 12.4. The number of carbonyl (C=O) groups is 1. The molecule has 1 fully saturated rings. The zero-order valence-corrected chi connectivity index (χ0v) is 13.4. The second-order valence-corrected chi connectivity index (χ2v) is 6.69. The van der Waals surface area contributed by atoms with Crippen molar-refractivity contribution in [2.24, 2.45) is 5.92 Å². The second-order valence-electron chi connectivity index (χ2n) is 5.77. The normalized spacial score (nSPS) is 17.6. The summed E-state index contributed by atoms with van der Waals surface area (Å²) in [5.74, 6) is 0.463. The fraction of sp³-hybridized carbons (Fsp3) is 0.562. The Balaban J connectivity index is 1.84. The molecule has 2 rings (SSSR count). The van der Waals surface area contributed by atoms with E-state index in [0.29, 0.717) is 12.5 Å². The van der Waals surface area contributed by atoms with E-state index in [1.54, 1.807) is 0 Å². The smallest absolute Gasteiger partial charge is 0.230 e. The van der Waals surface area contributed by atoms with E-state index in [9.17, 15) is 4.79 Å². The first-order valence-corrected chi connectivity index (χ1v) is 8.03. The quantitative estimate of drug-likeness (QED) is 0.750. The van der Waals surface area contributed by atoms with Gasteiger partial charge in [0.2, 0.25) is 5.91 Å². The highest BCUT2D eigenvalue weighted by Crippen LogP contribution is 2.48. The van der Waals surface area contributed by atoms with Gasteiger partial charge in [0.05, 0.1) is 5.41 Å². The molecule has 0 bridgehead atoms. The maximum absolute atomic E-state index is 12.4. The predicted molar refractivity (Wildman–Crippen MR) is 83.5 cm³/mol. The first kappa shape index (κ1) is 15.5. The van der Waals surface area contributed by atoms with Gasteiger partial charge in [-0.25, -0.2) is 0 Å². The molecule has 0 radical (unpaired) electrons. The zero-order chi connectivity index (χ0) is 14.6. The van der Waals surface area contributed by atoms with Crippen LogP contribution in [0.15, 0.2) is 28.7 Å². The fourth-order valence-electron chi connectivity index (χ4n) is 2.45. The summed E-state index contributed by atoms with van der Waals surface area (Å²) in [6, 6.07) is 8.05.